The largest absolute Gasteiger partial charge is 0.425 e. The lowest BCUT2D eigenvalue weighted by Gasteiger charge is -2.27. The molecule has 0 saturated heterocycles. The predicted octanol–water partition coefficient (Wildman–Crippen LogP) is 6.51. The zero-order valence-electron chi connectivity index (χ0n) is 17.0. The molecule has 1 atom stereocenters. The van der Waals surface area contributed by atoms with E-state index in [9.17, 15) is 9.36 Å². The third kappa shape index (κ3) is 4.29. The predicted molar refractivity (Wildman–Crippen MR) is 127 cm³/mol. The Bertz CT molecular complexity index is 1200. The Hall–Kier alpha value is -1.79. The number of halogens is 3. The van der Waals surface area contributed by atoms with E-state index >= 15 is 0 Å². The van der Waals surface area contributed by atoms with Gasteiger partial charge >= 0.3 is 0 Å². The fraction of sp³-hybridized carbons (Fsp3) is 0.238. The maximum Gasteiger partial charge on any atom is 0.260 e. The first-order valence-electron chi connectivity index (χ1n) is 9.36. The van der Waals surface area contributed by atoms with Crippen molar-refractivity contribution in [1.82, 2.24) is 9.55 Å². The zero-order chi connectivity index (χ0) is 22.6. The van der Waals surface area contributed by atoms with Crippen LogP contribution in [0.5, 0.6) is 5.88 Å². The molecular formula is C21H19BrCl2N3O3P. The van der Waals surface area contributed by atoms with E-state index in [4.69, 9.17) is 27.7 Å². The van der Waals surface area contributed by atoms with Crippen LogP contribution in [0.15, 0.2) is 53.1 Å². The van der Waals surface area contributed by atoms with Gasteiger partial charge in [-0.05, 0) is 42.8 Å². The minimum absolute atomic E-state index is 0.219. The van der Waals surface area contributed by atoms with E-state index in [1.54, 1.807) is 22.8 Å². The van der Waals surface area contributed by atoms with Crippen LogP contribution in [0, 0.1) is 0 Å². The van der Waals surface area contributed by atoms with Crippen molar-refractivity contribution in [2.24, 2.45) is 0 Å². The van der Waals surface area contributed by atoms with Crippen molar-refractivity contribution in [3.05, 3.63) is 68.7 Å². The van der Waals surface area contributed by atoms with Gasteiger partial charge in [0.15, 0.2) is 0 Å². The third-order valence-corrected chi connectivity index (χ3v) is 6.54. The van der Waals surface area contributed by atoms with Gasteiger partial charge in [0.25, 0.3) is 5.91 Å². The molecule has 0 aliphatic carbocycles. The number of amides is 1. The molecule has 3 aromatic rings. The highest BCUT2D eigenvalue weighted by atomic mass is 79.9. The average molecular weight is 543 g/mol. The summed E-state index contributed by atoms with van der Waals surface area (Å²) in [6.45, 7) is 4.85. The molecule has 2 heterocycles. The van der Waals surface area contributed by atoms with E-state index in [0.717, 1.165) is 10.0 Å². The average Bonchev–Trinajstić information content (AvgIpc) is 3.13. The number of fused-ring (bicyclic) bond motifs is 1. The molecule has 0 N–H and O–H groups in total. The van der Waals surface area contributed by atoms with Crippen LogP contribution in [0.4, 0.5) is 11.6 Å². The first-order chi connectivity index (χ1) is 14.5. The molecule has 1 aromatic heterocycles. The summed E-state index contributed by atoms with van der Waals surface area (Å²) in [6, 6.07) is 12.6. The molecule has 4 rings (SSSR count). The summed E-state index contributed by atoms with van der Waals surface area (Å²) in [7, 11) is -2.90. The van der Waals surface area contributed by atoms with Gasteiger partial charge in [-0.15, -0.1) is 0 Å². The summed E-state index contributed by atoms with van der Waals surface area (Å²) in [5.41, 5.74) is 0.377. The number of nitrogens with zero attached hydrogens (tertiary/aromatic N) is 3. The molecule has 1 aliphatic heterocycles. The molecular weight excluding hydrogens is 524 g/mol. The first-order valence-corrected chi connectivity index (χ1v) is 13.4. The van der Waals surface area contributed by atoms with E-state index in [1.807, 2.05) is 31.2 Å². The maximum atomic E-state index is 13.8. The van der Waals surface area contributed by atoms with E-state index in [2.05, 4.69) is 20.9 Å². The normalized spacial score (nSPS) is 18.4. The van der Waals surface area contributed by atoms with E-state index in [1.165, 1.54) is 24.4 Å². The second-order valence-corrected chi connectivity index (χ2v) is 12.4. The summed E-state index contributed by atoms with van der Waals surface area (Å²) in [4.78, 5) is 19.7. The SMILES string of the molecule is CC1(Cc2ccc(Br)cc2)C(=O)N(c2cc(Cl)cc(Cl)c2)c2ncc(OP(C)(C)=O)n21. The smallest absolute Gasteiger partial charge is 0.260 e. The Morgan fingerprint density at radius 3 is 2.32 bits per heavy atom. The van der Waals surface area contributed by atoms with E-state index in [-0.39, 0.29) is 11.8 Å². The molecule has 2 aromatic carbocycles. The standard InChI is InChI=1S/C21H19BrCl2N3O3P/c1-21(11-13-4-6-14(22)7-5-13)19(28)26(17-9-15(23)8-16(24)10-17)20-25-12-18(27(20)21)30-31(2,3)29/h4-10,12H,11H2,1-3H3. The highest BCUT2D eigenvalue weighted by Crippen LogP contribution is 2.48. The van der Waals surface area contributed by atoms with Crippen LogP contribution in [0.25, 0.3) is 0 Å². The second kappa shape index (κ2) is 7.96. The third-order valence-electron chi connectivity index (χ3n) is 4.95. The number of benzene rings is 2. The van der Waals surface area contributed by atoms with Crippen LogP contribution in [0.2, 0.25) is 10.0 Å². The highest BCUT2D eigenvalue weighted by molar-refractivity contribution is 9.10. The van der Waals surface area contributed by atoms with Gasteiger partial charge in [-0.25, -0.2) is 9.88 Å². The summed E-state index contributed by atoms with van der Waals surface area (Å²) < 4.78 is 20.8. The number of rotatable bonds is 5. The molecule has 1 amide bonds. The van der Waals surface area contributed by atoms with E-state index < -0.39 is 12.9 Å². The lowest BCUT2D eigenvalue weighted by Crippen LogP contribution is -2.41. The number of hydrogen-bond acceptors (Lipinski definition) is 4. The monoisotopic (exact) mass is 541 g/mol. The minimum atomic E-state index is -2.90. The van der Waals surface area contributed by atoms with Gasteiger partial charge in [-0.1, -0.05) is 51.3 Å². The van der Waals surface area contributed by atoms with Gasteiger partial charge in [0, 0.05) is 34.3 Å². The van der Waals surface area contributed by atoms with E-state index in [0.29, 0.717) is 28.1 Å². The van der Waals surface area contributed by atoms with Crippen molar-refractivity contribution < 1.29 is 13.9 Å². The lowest BCUT2D eigenvalue weighted by atomic mass is 9.92. The summed E-state index contributed by atoms with van der Waals surface area (Å²) in [5, 5.41) is 0.802. The molecule has 1 aliphatic rings. The molecule has 10 heteroatoms. The number of aromatic nitrogens is 2. The topological polar surface area (TPSA) is 64.4 Å². The van der Waals surface area contributed by atoms with Gasteiger partial charge in [0.2, 0.25) is 19.2 Å². The summed E-state index contributed by atoms with van der Waals surface area (Å²) in [5.74, 6) is 0.405. The minimum Gasteiger partial charge on any atom is -0.425 e. The summed E-state index contributed by atoms with van der Waals surface area (Å²) in [6.07, 6.45) is 1.86. The number of anilines is 2. The van der Waals surface area contributed by atoms with Crippen LogP contribution < -0.4 is 9.42 Å². The Kier molecular flexibility index (Phi) is 5.76. The molecule has 1 unspecified atom stereocenters. The Balaban J connectivity index is 1.88. The van der Waals surface area contributed by atoms with Crippen LogP contribution in [-0.2, 0) is 21.3 Å². The zero-order valence-corrected chi connectivity index (χ0v) is 21.0. The molecule has 0 bridgehead atoms. The molecule has 0 radical (unpaired) electrons. The molecule has 0 saturated carbocycles. The van der Waals surface area contributed by atoms with Gasteiger partial charge < -0.3 is 4.52 Å². The van der Waals surface area contributed by atoms with Crippen molar-refractivity contribution in [3.8, 4) is 5.88 Å². The van der Waals surface area contributed by atoms with Crippen LogP contribution in [-0.4, -0.2) is 28.8 Å². The van der Waals surface area contributed by atoms with Crippen LogP contribution in [0.3, 0.4) is 0 Å². The maximum absolute atomic E-state index is 13.8. The van der Waals surface area contributed by atoms with Crippen molar-refractivity contribution in [2.75, 3.05) is 18.2 Å². The van der Waals surface area contributed by atoms with Crippen LogP contribution in [0.1, 0.15) is 12.5 Å². The van der Waals surface area contributed by atoms with Crippen molar-refractivity contribution in [2.45, 2.75) is 18.9 Å². The lowest BCUT2D eigenvalue weighted by molar-refractivity contribution is -0.124. The van der Waals surface area contributed by atoms with Crippen molar-refractivity contribution in [3.63, 3.8) is 0 Å². The van der Waals surface area contributed by atoms with Crippen molar-refractivity contribution >= 4 is 64.0 Å². The second-order valence-electron chi connectivity index (χ2n) is 7.92. The van der Waals surface area contributed by atoms with Gasteiger partial charge in [-0.3, -0.25) is 13.9 Å². The van der Waals surface area contributed by atoms with Crippen molar-refractivity contribution in [1.29, 1.82) is 0 Å². The van der Waals surface area contributed by atoms with Gasteiger partial charge in [0.1, 0.15) is 5.54 Å². The molecule has 0 spiro atoms. The Morgan fingerprint density at radius 1 is 1.13 bits per heavy atom. The first kappa shape index (κ1) is 22.4. The van der Waals surface area contributed by atoms with Crippen LogP contribution >= 0.6 is 46.5 Å². The molecule has 0 fully saturated rings. The Morgan fingerprint density at radius 2 is 1.74 bits per heavy atom. The van der Waals surface area contributed by atoms with Gasteiger partial charge in [-0.2, -0.15) is 0 Å². The highest BCUT2D eigenvalue weighted by Gasteiger charge is 2.51. The fourth-order valence-corrected chi connectivity index (χ4v) is 5.08. The Labute approximate surface area is 198 Å². The number of imidazole rings is 1. The number of carbonyl (C=O) groups is 1. The number of hydrogen-bond donors (Lipinski definition) is 0. The fourth-order valence-electron chi connectivity index (χ4n) is 3.72. The number of carbonyl (C=O) groups excluding carboxylic acids is 1. The summed E-state index contributed by atoms with van der Waals surface area (Å²) >= 11 is 15.8. The molecule has 6 nitrogen and oxygen atoms in total. The molecule has 162 valence electrons. The quantitative estimate of drug-likeness (QED) is 0.345. The molecule has 31 heavy (non-hydrogen) atoms. The van der Waals surface area contributed by atoms with Gasteiger partial charge in [0.05, 0.1) is 11.9 Å².